The summed E-state index contributed by atoms with van der Waals surface area (Å²) in [7, 11) is 3.96. The first-order chi connectivity index (χ1) is 7.58. The van der Waals surface area contributed by atoms with Crippen molar-refractivity contribution in [3.8, 4) is 0 Å². The maximum atomic E-state index is 4.46. The summed E-state index contributed by atoms with van der Waals surface area (Å²) in [5.74, 6) is 2.66. The van der Waals surface area contributed by atoms with Gasteiger partial charge in [-0.3, -0.25) is 0 Å². The summed E-state index contributed by atoms with van der Waals surface area (Å²) < 4.78 is 0. The summed E-state index contributed by atoms with van der Waals surface area (Å²) in [6.07, 6.45) is 2.36. The summed E-state index contributed by atoms with van der Waals surface area (Å²) in [6.45, 7) is 6.34. The lowest BCUT2D eigenvalue weighted by Gasteiger charge is -2.26. The predicted octanol–water partition coefficient (Wildman–Crippen LogP) is 2.45. The second kappa shape index (κ2) is 5.68. The quantitative estimate of drug-likeness (QED) is 0.831. The van der Waals surface area contributed by atoms with E-state index in [0.29, 0.717) is 6.04 Å². The molecule has 1 rings (SSSR count). The molecule has 16 heavy (non-hydrogen) atoms. The average molecular weight is 222 g/mol. The van der Waals surface area contributed by atoms with Crippen LogP contribution in [0, 0.1) is 6.92 Å². The zero-order chi connectivity index (χ0) is 12.1. The van der Waals surface area contributed by atoms with Crippen LogP contribution in [0.2, 0.25) is 0 Å². The van der Waals surface area contributed by atoms with Gasteiger partial charge in [0, 0.05) is 26.2 Å². The van der Waals surface area contributed by atoms with Crippen LogP contribution in [0.25, 0.3) is 0 Å². The second-order valence-electron chi connectivity index (χ2n) is 4.16. The van der Waals surface area contributed by atoms with Crippen molar-refractivity contribution in [2.24, 2.45) is 0 Å². The number of aryl methyl sites for hydroxylation is 1. The SMILES string of the molecule is CCCC(C)N(C)c1cc(NC)nc(C)n1. The van der Waals surface area contributed by atoms with Gasteiger partial charge in [0.25, 0.3) is 0 Å². The molecule has 0 aliphatic rings. The Morgan fingerprint density at radius 1 is 1.44 bits per heavy atom. The van der Waals surface area contributed by atoms with Crippen LogP contribution < -0.4 is 10.2 Å². The molecule has 1 unspecified atom stereocenters. The van der Waals surface area contributed by atoms with Crippen molar-refractivity contribution in [1.82, 2.24) is 9.97 Å². The summed E-state index contributed by atoms with van der Waals surface area (Å²) in [4.78, 5) is 11.0. The third-order valence-corrected chi connectivity index (χ3v) is 2.81. The molecule has 1 atom stereocenters. The van der Waals surface area contributed by atoms with Crippen LogP contribution in [-0.4, -0.2) is 30.1 Å². The van der Waals surface area contributed by atoms with E-state index in [1.807, 2.05) is 20.0 Å². The molecular formula is C12H22N4. The predicted molar refractivity (Wildman–Crippen MR) is 69.1 cm³/mol. The van der Waals surface area contributed by atoms with E-state index in [1.165, 1.54) is 12.8 Å². The lowest BCUT2D eigenvalue weighted by molar-refractivity contribution is 0.610. The highest BCUT2D eigenvalue weighted by molar-refractivity contribution is 5.49. The Morgan fingerprint density at radius 3 is 2.69 bits per heavy atom. The highest BCUT2D eigenvalue weighted by Gasteiger charge is 2.11. The molecule has 4 nitrogen and oxygen atoms in total. The van der Waals surface area contributed by atoms with Gasteiger partial charge in [0.15, 0.2) is 0 Å². The Hall–Kier alpha value is -1.32. The van der Waals surface area contributed by atoms with Gasteiger partial charge >= 0.3 is 0 Å². The Morgan fingerprint density at radius 2 is 2.12 bits per heavy atom. The highest BCUT2D eigenvalue weighted by atomic mass is 15.2. The summed E-state index contributed by atoms with van der Waals surface area (Å²) in [6, 6.07) is 2.49. The molecule has 1 aromatic heterocycles. The first-order valence-electron chi connectivity index (χ1n) is 5.84. The van der Waals surface area contributed by atoms with Crippen molar-refractivity contribution in [1.29, 1.82) is 0 Å². The van der Waals surface area contributed by atoms with E-state index >= 15 is 0 Å². The van der Waals surface area contributed by atoms with Crippen LogP contribution in [0.4, 0.5) is 11.6 Å². The highest BCUT2D eigenvalue weighted by Crippen LogP contribution is 2.18. The van der Waals surface area contributed by atoms with E-state index in [4.69, 9.17) is 0 Å². The first kappa shape index (κ1) is 12.7. The number of nitrogens with zero attached hydrogens (tertiary/aromatic N) is 3. The van der Waals surface area contributed by atoms with Gasteiger partial charge in [-0.2, -0.15) is 0 Å². The van der Waals surface area contributed by atoms with Gasteiger partial charge in [0.05, 0.1) is 0 Å². The molecular weight excluding hydrogens is 200 g/mol. The van der Waals surface area contributed by atoms with E-state index < -0.39 is 0 Å². The van der Waals surface area contributed by atoms with E-state index in [2.05, 4.69) is 41.1 Å². The van der Waals surface area contributed by atoms with Crippen LogP contribution in [0.3, 0.4) is 0 Å². The lowest BCUT2D eigenvalue weighted by atomic mass is 10.2. The number of anilines is 2. The third-order valence-electron chi connectivity index (χ3n) is 2.81. The monoisotopic (exact) mass is 222 g/mol. The maximum absolute atomic E-state index is 4.46. The third kappa shape index (κ3) is 3.08. The normalized spacial score (nSPS) is 12.3. The fourth-order valence-electron chi connectivity index (χ4n) is 1.70. The molecule has 1 N–H and O–H groups in total. The Balaban J connectivity index is 2.89. The van der Waals surface area contributed by atoms with Gasteiger partial charge in [-0.1, -0.05) is 13.3 Å². The number of nitrogens with one attached hydrogen (secondary N) is 1. The molecule has 0 aromatic carbocycles. The van der Waals surface area contributed by atoms with Crippen LogP contribution in [-0.2, 0) is 0 Å². The van der Waals surface area contributed by atoms with Gasteiger partial charge < -0.3 is 10.2 Å². The summed E-state index contributed by atoms with van der Waals surface area (Å²) in [5.41, 5.74) is 0. The Labute approximate surface area is 98.1 Å². The zero-order valence-electron chi connectivity index (χ0n) is 10.9. The van der Waals surface area contributed by atoms with Gasteiger partial charge in [-0.05, 0) is 20.3 Å². The fraction of sp³-hybridized carbons (Fsp3) is 0.667. The fourth-order valence-corrected chi connectivity index (χ4v) is 1.70. The number of hydrogen-bond donors (Lipinski definition) is 1. The number of rotatable bonds is 5. The van der Waals surface area contributed by atoms with Gasteiger partial charge in [0.2, 0.25) is 0 Å². The van der Waals surface area contributed by atoms with Crippen LogP contribution in [0.1, 0.15) is 32.5 Å². The van der Waals surface area contributed by atoms with Crippen molar-refractivity contribution < 1.29 is 0 Å². The van der Waals surface area contributed by atoms with E-state index in [-0.39, 0.29) is 0 Å². The molecule has 0 spiro atoms. The van der Waals surface area contributed by atoms with Crippen LogP contribution >= 0.6 is 0 Å². The smallest absolute Gasteiger partial charge is 0.134 e. The van der Waals surface area contributed by atoms with Crippen LogP contribution in [0.15, 0.2) is 6.07 Å². The first-order valence-corrected chi connectivity index (χ1v) is 5.84. The molecule has 1 aromatic rings. The molecule has 0 saturated carbocycles. The van der Waals surface area contributed by atoms with Crippen molar-refractivity contribution >= 4 is 11.6 Å². The summed E-state index contributed by atoms with van der Waals surface area (Å²) >= 11 is 0. The van der Waals surface area contributed by atoms with E-state index in [0.717, 1.165) is 17.5 Å². The molecule has 0 radical (unpaired) electrons. The number of hydrogen-bond acceptors (Lipinski definition) is 4. The number of aromatic nitrogens is 2. The van der Waals surface area contributed by atoms with Crippen molar-refractivity contribution in [3.05, 3.63) is 11.9 Å². The van der Waals surface area contributed by atoms with Crippen molar-refractivity contribution in [2.75, 3.05) is 24.3 Å². The topological polar surface area (TPSA) is 41.0 Å². The minimum Gasteiger partial charge on any atom is -0.373 e. The lowest BCUT2D eigenvalue weighted by Crippen LogP contribution is -2.29. The molecule has 0 aliphatic carbocycles. The second-order valence-corrected chi connectivity index (χ2v) is 4.16. The van der Waals surface area contributed by atoms with Gasteiger partial charge in [0.1, 0.15) is 17.5 Å². The van der Waals surface area contributed by atoms with Crippen LogP contribution in [0.5, 0.6) is 0 Å². The van der Waals surface area contributed by atoms with E-state index in [9.17, 15) is 0 Å². The minimum atomic E-state index is 0.504. The minimum absolute atomic E-state index is 0.504. The standard InChI is InChI=1S/C12H22N4/c1-6-7-9(2)16(5)12-8-11(13-4)14-10(3)15-12/h8-9H,6-7H2,1-5H3,(H,13,14,15). The Bertz CT molecular complexity index is 338. The molecule has 1 heterocycles. The van der Waals surface area contributed by atoms with Crippen molar-refractivity contribution in [2.45, 2.75) is 39.7 Å². The molecule has 0 fully saturated rings. The molecule has 0 saturated heterocycles. The molecule has 4 heteroatoms. The molecule has 0 amide bonds. The summed E-state index contributed by atoms with van der Waals surface area (Å²) in [5, 5.41) is 3.06. The van der Waals surface area contributed by atoms with Crippen molar-refractivity contribution in [3.63, 3.8) is 0 Å². The Kier molecular flexibility index (Phi) is 4.52. The largest absolute Gasteiger partial charge is 0.373 e. The zero-order valence-corrected chi connectivity index (χ0v) is 10.9. The average Bonchev–Trinajstić information content (AvgIpc) is 2.27. The molecule has 90 valence electrons. The van der Waals surface area contributed by atoms with Gasteiger partial charge in [-0.15, -0.1) is 0 Å². The maximum Gasteiger partial charge on any atom is 0.134 e. The molecule has 0 bridgehead atoms. The van der Waals surface area contributed by atoms with E-state index in [1.54, 1.807) is 0 Å². The van der Waals surface area contributed by atoms with Gasteiger partial charge in [-0.25, -0.2) is 9.97 Å². The molecule has 0 aliphatic heterocycles.